The number of ether oxygens (including phenoxy) is 1. The molecule has 0 aliphatic carbocycles. The molecule has 21 heavy (non-hydrogen) atoms. The average Bonchev–Trinajstić information content (AvgIpc) is 2.47. The number of hydrogen-bond acceptors (Lipinski definition) is 3. The van der Waals surface area contributed by atoms with E-state index in [9.17, 15) is 9.50 Å². The van der Waals surface area contributed by atoms with Crippen LogP contribution in [0.2, 0.25) is 0 Å². The van der Waals surface area contributed by atoms with Crippen LogP contribution in [0.1, 0.15) is 24.9 Å². The molecular weight excluding hydrogens is 269 g/mol. The van der Waals surface area contributed by atoms with Crippen molar-refractivity contribution in [1.29, 1.82) is 0 Å². The minimum Gasteiger partial charge on any atom is -0.508 e. The Balaban J connectivity index is 1.71. The molecule has 2 aromatic carbocycles. The van der Waals surface area contributed by atoms with Crippen LogP contribution in [0, 0.1) is 5.82 Å². The number of aromatic hydroxyl groups is 1. The molecule has 3 nitrogen and oxygen atoms in total. The summed E-state index contributed by atoms with van der Waals surface area (Å²) in [5.41, 5.74) is 0.553. The summed E-state index contributed by atoms with van der Waals surface area (Å²) in [7, 11) is 0. The zero-order valence-corrected chi connectivity index (χ0v) is 12.1. The molecule has 0 bridgehead atoms. The highest BCUT2D eigenvalue weighted by atomic mass is 19.1. The largest absolute Gasteiger partial charge is 0.508 e. The maximum atomic E-state index is 13.7. The summed E-state index contributed by atoms with van der Waals surface area (Å²) in [6.07, 6.45) is 0.832. The molecule has 4 heteroatoms. The number of halogens is 1. The van der Waals surface area contributed by atoms with Gasteiger partial charge in [0.25, 0.3) is 0 Å². The maximum absolute atomic E-state index is 13.7. The summed E-state index contributed by atoms with van der Waals surface area (Å²) in [6.45, 7) is 3.24. The van der Waals surface area contributed by atoms with E-state index in [1.54, 1.807) is 6.07 Å². The Hall–Kier alpha value is -2.07. The second-order valence-electron chi connectivity index (χ2n) is 4.90. The molecule has 0 aliphatic rings. The van der Waals surface area contributed by atoms with E-state index in [2.05, 4.69) is 5.32 Å². The highest BCUT2D eigenvalue weighted by Crippen LogP contribution is 2.20. The van der Waals surface area contributed by atoms with Gasteiger partial charge in [-0.05, 0) is 38.1 Å². The van der Waals surface area contributed by atoms with Gasteiger partial charge in [0.2, 0.25) is 0 Å². The van der Waals surface area contributed by atoms with Crippen molar-refractivity contribution in [2.45, 2.75) is 19.4 Å². The predicted molar refractivity (Wildman–Crippen MR) is 81.0 cm³/mol. The molecule has 112 valence electrons. The zero-order valence-electron chi connectivity index (χ0n) is 12.1. The Morgan fingerprint density at radius 1 is 1.19 bits per heavy atom. The quantitative estimate of drug-likeness (QED) is 0.764. The fourth-order valence-electron chi connectivity index (χ4n) is 2.07. The van der Waals surface area contributed by atoms with Crippen LogP contribution in [0.25, 0.3) is 0 Å². The Labute approximate surface area is 124 Å². The van der Waals surface area contributed by atoms with E-state index in [1.807, 2.05) is 37.3 Å². The average molecular weight is 289 g/mol. The van der Waals surface area contributed by atoms with Crippen LogP contribution in [0.15, 0.2) is 48.5 Å². The lowest BCUT2D eigenvalue weighted by Crippen LogP contribution is -2.22. The molecule has 0 aromatic heterocycles. The molecule has 0 spiro atoms. The van der Waals surface area contributed by atoms with Crippen LogP contribution in [-0.2, 0) is 0 Å². The SMILES string of the molecule is CC(NCCCOc1ccccc1)c1ccc(O)cc1F. The van der Waals surface area contributed by atoms with E-state index in [4.69, 9.17) is 4.74 Å². The fraction of sp³-hybridized carbons (Fsp3) is 0.294. The molecule has 0 fully saturated rings. The molecule has 0 heterocycles. The van der Waals surface area contributed by atoms with Gasteiger partial charge in [-0.1, -0.05) is 24.3 Å². The highest BCUT2D eigenvalue weighted by Gasteiger charge is 2.10. The molecule has 1 unspecified atom stereocenters. The van der Waals surface area contributed by atoms with Gasteiger partial charge in [-0.15, -0.1) is 0 Å². The van der Waals surface area contributed by atoms with E-state index < -0.39 is 5.82 Å². The van der Waals surface area contributed by atoms with Crippen LogP contribution in [0.3, 0.4) is 0 Å². The topological polar surface area (TPSA) is 41.5 Å². The van der Waals surface area contributed by atoms with Gasteiger partial charge < -0.3 is 15.2 Å². The lowest BCUT2D eigenvalue weighted by atomic mass is 10.1. The van der Waals surface area contributed by atoms with Gasteiger partial charge in [0.15, 0.2) is 0 Å². The first kappa shape index (κ1) is 15.3. The smallest absolute Gasteiger partial charge is 0.131 e. The molecule has 1 atom stereocenters. The monoisotopic (exact) mass is 289 g/mol. The lowest BCUT2D eigenvalue weighted by molar-refractivity contribution is 0.305. The first-order chi connectivity index (χ1) is 10.2. The van der Waals surface area contributed by atoms with Gasteiger partial charge in [0, 0.05) is 17.7 Å². The third-order valence-electron chi connectivity index (χ3n) is 3.23. The number of phenols is 1. The third-order valence-corrected chi connectivity index (χ3v) is 3.23. The van der Waals surface area contributed by atoms with Crippen LogP contribution in [-0.4, -0.2) is 18.3 Å². The van der Waals surface area contributed by atoms with Crippen molar-refractivity contribution in [1.82, 2.24) is 5.32 Å². The highest BCUT2D eigenvalue weighted by molar-refractivity contribution is 5.29. The minimum absolute atomic E-state index is 0.0558. The van der Waals surface area contributed by atoms with Crippen LogP contribution in [0.5, 0.6) is 11.5 Å². The summed E-state index contributed by atoms with van der Waals surface area (Å²) >= 11 is 0. The molecule has 0 radical (unpaired) electrons. The van der Waals surface area contributed by atoms with Crippen molar-refractivity contribution in [3.05, 3.63) is 59.9 Å². The number of phenolic OH excluding ortho intramolecular Hbond substituents is 1. The number of benzene rings is 2. The number of nitrogens with one attached hydrogen (secondary N) is 1. The van der Waals surface area contributed by atoms with Crippen LogP contribution in [0.4, 0.5) is 4.39 Å². The van der Waals surface area contributed by atoms with E-state index in [-0.39, 0.29) is 11.8 Å². The van der Waals surface area contributed by atoms with Crippen LogP contribution >= 0.6 is 0 Å². The van der Waals surface area contributed by atoms with Crippen molar-refractivity contribution in [2.24, 2.45) is 0 Å². The van der Waals surface area contributed by atoms with E-state index in [0.717, 1.165) is 24.8 Å². The second kappa shape index (κ2) is 7.64. The summed E-state index contributed by atoms with van der Waals surface area (Å²) in [4.78, 5) is 0. The Bertz CT molecular complexity index is 560. The van der Waals surface area contributed by atoms with Gasteiger partial charge in [0.05, 0.1) is 6.61 Å². The number of para-hydroxylation sites is 1. The van der Waals surface area contributed by atoms with Crippen LogP contribution < -0.4 is 10.1 Å². The fourth-order valence-corrected chi connectivity index (χ4v) is 2.07. The number of hydrogen-bond donors (Lipinski definition) is 2. The molecule has 0 aliphatic heterocycles. The van der Waals surface area contributed by atoms with Crippen molar-refractivity contribution in [2.75, 3.05) is 13.2 Å². The first-order valence-corrected chi connectivity index (χ1v) is 7.06. The number of rotatable bonds is 7. The Morgan fingerprint density at radius 2 is 1.95 bits per heavy atom. The lowest BCUT2D eigenvalue weighted by Gasteiger charge is -2.15. The summed E-state index contributed by atoms with van der Waals surface area (Å²) in [5, 5.41) is 12.4. The van der Waals surface area contributed by atoms with Crippen molar-refractivity contribution in [3.63, 3.8) is 0 Å². The van der Waals surface area contributed by atoms with Gasteiger partial charge in [0.1, 0.15) is 17.3 Å². The summed E-state index contributed by atoms with van der Waals surface area (Å²) in [5.74, 6) is 0.408. The minimum atomic E-state index is -0.393. The molecule has 0 amide bonds. The second-order valence-corrected chi connectivity index (χ2v) is 4.90. The summed E-state index contributed by atoms with van der Waals surface area (Å²) < 4.78 is 19.3. The Morgan fingerprint density at radius 3 is 2.67 bits per heavy atom. The molecule has 2 aromatic rings. The third kappa shape index (κ3) is 4.76. The van der Waals surface area contributed by atoms with Gasteiger partial charge in [-0.25, -0.2) is 4.39 Å². The van der Waals surface area contributed by atoms with E-state index in [1.165, 1.54) is 6.07 Å². The standard InChI is InChI=1S/C17H20FNO2/c1-13(16-9-8-14(20)12-17(16)18)19-10-5-11-21-15-6-3-2-4-7-15/h2-4,6-9,12-13,19-20H,5,10-11H2,1H3. The van der Waals surface area contributed by atoms with Crippen molar-refractivity contribution < 1.29 is 14.2 Å². The Kier molecular flexibility index (Phi) is 5.58. The molecule has 2 N–H and O–H groups in total. The molecule has 0 saturated heterocycles. The normalized spacial score (nSPS) is 12.1. The van der Waals surface area contributed by atoms with E-state index >= 15 is 0 Å². The molecular formula is C17H20FNO2. The maximum Gasteiger partial charge on any atom is 0.131 e. The first-order valence-electron chi connectivity index (χ1n) is 7.06. The van der Waals surface area contributed by atoms with Gasteiger partial charge in [-0.2, -0.15) is 0 Å². The summed E-state index contributed by atoms with van der Waals surface area (Å²) in [6, 6.07) is 13.8. The molecule has 2 rings (SSSR count). The van der Waals surface area contributed by atoms with Crippen molar-refractivity contribution in [3.8, 4) is 11.5 Å². The predicted octanol–water partition coefficient (Wildman–Crippen LogP) is 3.65. The van der Waals surface area contributed by atoms with Gasteiger partial charge in [-0.3, -0.25) is 0 Å². The van der Waals surface area contributed by atoms with Gasteiger partial charge >= 0.3 is 0 Å². The zero-order chi connectivity index (χ0) is 15.1. The van der Waals surface area contributed by atoms with E-state index in [0.29, 0.717) is 12.2 Å². The molecule has 0 saturated carbocycles. The van der Waals surface area contributed by atoms with Crippen molar-refractivity contribution >= 4 is 0 Å².